The van der Waals surface area contributed by atoms with E-state index in [1.807, 2.05) is 12.1 Å². The lowest BCUT2D eigenvalue weighted by molar-refractivity contribution is -0.132. The minimum absolute atomic E-state index is 0.326. The van der Waals surface area contributed by atoms with Gasteiger partial charge in [-0.2, -0.15) is 0 Å². The Bertz CT molecular complexity index is 890. The topological polar surface area (TPSA) is 44.1 Å². The molecule has 0 saturated heterocycles. The molecule has 0 radical (unpaired) electrons. The number of aromatic nitrogens is 2. The summed E-state index contributed by atoms with van der Waals surface area (Å²) in [6.07, 6.45) is 3.38. The van der Waals surface area contributed by atoms with Crippen molar-refractivity contribution in [3.8, 4) is 28.1 Å². The fourth-order valence-electron chi connectivity index (χ4n) is 2.56. The number of benzene rings is 1. The first-order valence-electron chi connectivity index (χ1n) is 7.22. The van der Waals surface area contributed by atoms with Crippen molar-refractivity contribution < 1.29 is 13.9 Å². The zero-order valence-corrected chi connectivity index (χ0v) is 14.7. The van der Waals surface area contributed by atoms with E-state index in [0.29, 0.717) is 11.4 Å². The molecule has 3 aromatic rings. The second kappa shape index (κ2) is 6.57. The zero-order valence-electron chi connectivity index (χ0n) is 13.1. The van der Waals surface area contributed by atoms with Crippen LogP contribution in [0, 0.1) is 5.82 Å². The first-order chi connectivity index (χ1) is 11.5. The molecule has 122 valence electrons. The van der Waals surface area contributed by atoms with E-state index < -0.39 is 5.97 Å². The van der Waals surface area contributed by atoms with E-state index in [4.69, 9.17) is 4.74 Å². The SMILES string of the molecule is CC(=O)Oc1c(-c2ccc(F)cc2)c(-c2ccncc2)c(Br)n1C. The van der Waals surface area contributed by atoms with Gasteiger partial charge in [-0.15, -0.1) is 0 Å². The number of nitrogens with zero attached hydrogens (tertiary/aromatic N) is 2. The van der Waals surface area contributed by atoms with E-state index in [9.17, 15) is 9.18 Å². The van der Waals surface area contributed by atoms with Crippen molar-refractivity contribution in [2.45, 2.75) is 6.92 Å². The maximum absolute atomic E-state index is 13.3. The van der Waals surface area contributed by atoms with Gasteiger partial charge in [0.15, 0.2) is 0 Å². The molecule has 0 unspecified atom stereocenters. The lowest BCUT2D eigenvalue weighted by Crippen LogP contribution is -2.06. The molecule has 0 fully saturated rings. The summed E-state index contributed by atoms with van der Waals surface area (Å²) in [7, 11) is 1.79. The molecule has 0 aliphatic carbocycles. The molecular formula is C18H14BrFN2O2. The summed E-state index contributed by atoms with van der Waals surface area (Å²) in [6, 6.07) is 9.81. The maximum Gasteiger partial charge on any atom is 0.309 e. The van der Waals surface area contributed by atoms with Gasteiger partial charge in [-0.05, 0) is 51.3 Å². The standard InChI is InChI=1S/C18H14BrFN2O2/c1-11(23)24-18-16(12-3-5-14(20)6-4-12)15(17(19)22(18)2)13-7-9-21-10-8-13/h3-10H,1-2H3. The van der Waals surface area contributed by atoms with Gasteiger partial charge in [0.1, 0.15) is 5.82 Å². The van der Waals surface area contributed by atoms with Crippen LogP contribution in [0.4, 0.5) is 4.39 Å². The van der Waals surface area contributed by atoms with Crippen LogP contribution in [0.1, 0.15) is 6.92 Å². The van der Waals surface area contributed by atoms with Gasteiger partial charge in [0, 0.05) is 31.9 Å². The molecule has 0 amide bonds. The number of hydrogen-bond donors (Lipinski definition) is 0. The van der Waals surface area contributed by atoms with Crippen LogP contribution in [-0.2, 0) is 11.8 Å². The molecule has 2 aromatic heterocycles. The molecule has 0 saturated carbocycles. The molecule has 0 bridgehead atoms. The van der Waals surface area contributed by atoms with Gasteiger partial charge >= 0.3 is 5.97 Å². The quantitative estimate of drug-likeness (QED) is 0.616. The third-order valence-electron chi connectivity index (χ3n) is 3.61. The molecule has 1 aromatic carbocycles. The Hall–Kier alpha value is -2.47. The molecule has 0 spiro atoms. The molecule has 24 heavy (non-hydrogen) atoms. The largest absolute Gasteiger partial charge is 0.409 e. The minimum atomic E-state index is -0.423. The minimum Gasteiger partial charge on any atom is -0.409 e. The van der Waals surface area contributed by atoms with Crippen LogP contribution in [0.3, 0.4) is 0 Å². The van der Waals surface area contributed by atoms with Crippen LogP contribution < -0.4 is 4.74 Å². The van der Waals surface area contributed by atoms with Crippen LogP contribution in [-0.4, -0.2) is 15.5 Å². The van der Waals surface area contributed by atoms with E-state index in [1.165, 1.54) is 19.1 Å². The number of halogens is 2. The fraction of sp³-hybridized carbons (Fsp3) is 0.111. The van der Waals surface area contributed by atoms with Crippen LogP contribution in [0.15, 0.2) is 53.4 Å². The number of carbonyl (C=O) groups is 1. The summed E-state index contributed by atoms with van der Waals surface area (Å²) in [4.78, 5) is 15.6. The fourth-order valence-corrected chi connectivity index (χ4v) is 3.14. The average Bonchev–Trinajstić information content (AvgIpc) is 2.81. The zero-order chi connectivity index (χ0) is 17.3. The average molecular weight is 389 g/mol. The van der Waals surface area contributed by atoms with E-state index in [-0.39, 0.29) is 5.82 Å². The van der Waals surface area contributed by atoms with Crippen LogP contribution in [0.25, 0.3) is 22.3 Å². The van der Waals surface area contributed by atoms with Gasteiger partial charge in [0.25, 0.3) is 0 Å². The Morgan fingerprint density at radius 3 is 2.25 bits per heavy atom. The highest BCUT2D eigenvalue weighted by Gasteiger charge is 2.24. The van der Waals surface area contributed by atoms with Gasteiger partial charge in [-0.1, -0.05) is 12.1 Å². The number of esters is 1. The van der Waals surface area contributed by atoms with Crippen molar-refractivity contribution in [2.24, 2.45) is 7.05 Å². The summed E-state index contributed by atoms with van der Waals surface area (Å²) < 4.78 is 21.2. The Morgan fingerprint density at radius 2 is 1.67 bits per heavy atom. The van der Waals surface area contributed by atoms with Crippen LogP contribution >= 0.6 is 15.9 Å². The second-order valence-electron chi connectivity index (χ2n) is 5.24. The highest BCUT2D eigenvalue weighted by molar-refractivity contribution is 9.10. The molecule has 4 nitrogen and oxygen atoms in total. The van der Waals surface area contributed by atoms with Crippen molar-refractivity contribution in [1.82, 2.24) is 9.55 Å². The van der Waals surface area contributed by atoms with Crippen molar-refractivity contribution in [3.63, 3.8) is 0 Å². The Labute approximate surface area is 147 Å². The molecular weight excluding hydrogens is 375 g/mol. The van der Waals surface area contributed by atoms with Gasteiger partial charge in [0.2, 0.25) is 5.88 Å². The lowest BCUT2D eigenvalue weighted by atomic mass is 9.99. The van der Waals surface area contributed by atoms with E-state index >= 15 is 0 Å². The monoisotopic (exact) mass is 388 g/mol. The first-order valence-corrected chi connectivity index (χ1v) is 8.01. The van der Waals surface area contributed by atoms with Crippen molar-refractivity contribution in [2.75, 3.05) is 0 Å². The van der Waals surface area contributed by atoms with Gasteiger partial charge in [0.05, 0.1) is 10.2 Å². The molecule has 2 heterocycles. The molecule has 0 atom stereocenters. The molecule has 0 N–H and O–H groups in total. The van der Waals surface area contributed by atoms with E-state index in [1.54, 1.807) is 36.1 Å². The summed E-state index contributed by atoms with van der Waals surface area (Å²) in [6.45, 7) is 1.35. The molecule has 6 heteroatoms. The number of hydrogen-bond acceptors (Lipinski definition) is 3. The second-order valence-corrected chi connectivity index (χ2v) is 5.99. The summed E-state index contributed by atoms with van der Waals surface area (Å²) in [5.74, 6) is -0.353. The molecule has 0 aliphatic rings. The highest BCUT2D eigenvalue weighted by Crippen LogP contribution is 2.46. The lowest BCUT2D eigenvalue weighted by Gasteiger charge is -2.08. The van der Waals surface area contributed by atoms with Crippen molar-refractivity contribution >= 4 is 21.9 Å². The third-order valence-corrected chi connectivity index (χ3v) is 4.54. The highest BCUT2D eigenvalue weighted by atomic mass is 79.9. The Kier molecular flexibility index (Phi) is 4.49. The molecule has 0 aliphatic heterocycles. The van der Waals surface area contributed by atoms with Crippen LogP contribution in [0.5, 0.6) is 5.88 Å². The van der Waals surface area contributed by atoms with Crippen LogP contribution in [0.2, 0.25) is 0 Å². The summed E-state index contributed by atoms with van der Waals surface area (Å²) in [5, 5.41) is 0. The third kappa shape index (κ3) is 2.97. The predicted molar refractivity (Wildman–Crippen MR) is 93.0 cm³/mol. The van der Waals surface area contributed by atoms with E-state index in [2.05, 4.69) is 20.9 Å². The molecule has 3 rings (SSSR count). The van der Waals surface area contributed by atoms with Gasteiger partial charge < -0.3 is 9.30 Å². The number of rotatable bonds is 3. The Morgan fingerprint density at radius 1 is 1.08 bits per heavy atom. The van der Waals surface area contributed by atoms with E-state index in [0.717, 1.165) is 21.3 Å². The smallest absolute Gasteiger partial charge is 0.309 e. The Balaban J connectivity index is 2.32. The first kappa shape index (κ1) is 16.4. The maximum atomic E-state index is 13.3. The summed E-state index contributed by atoms with van der Waals surface area (Å²) in [5.41, 5.74) is 3.22. The number of pyridine rings is 1. The van der Waals surface area contributed by atoms with Crippen molar-refractivity contribution in [3.05, 3.63) is 59.2 Å². The van der Waals surface area contributed by atoms with Gasteiger partial charge in [-0.3, -0.25) is 9.78 Å². The van der Waals surface area contributed by atoms with Crippen molar-refractivity contribution in [1.29, 1.82) is 0 Å². The number of carbonyl (C=O) groups excluding carboxylic acids is 1. The normalized spacial score (nSPS) is 10.7. The summed E-state index contributed by atoms with van der Waals surface area (Å²) >= 11 is 3.57. The predicted octanol–water partition coefficient (Wildman–Crippen LogP) is 4.58. The van der Waals surface area contributed by atoms with Gasteiger partial charge in [-0.25, -0.2) is 4.39 Å². The number of ether oxygens (including phenoxy) is 1.